The van der Waals surface area contributed by atoms with E-state index in [1.54, 1.807) is 0 Å². The number of hydrogen-bond donors (Lipinski definition) is 1. The van der Waals surface area contributed by atoms with Crippen LogP contribution in [0.15, 0.2) is 11.3 Å². The van der Waals surface area contributed by atoms with Gasteiger partial charge in [0.25, 0.3) is 0 Å². The summed E-state index contributed by atoms with van der Waals surface area (Å²) in [6, 6.07) is 0. The van der Waals surface area contributed by atoms with Crippen molar-refractivity contribution in [3.63, 3.8) is 0 Å². The van der Waals surface area contributed by atoms with E-state index >= 15 is 0 Å². The van der Waals surface area contributed by atoms with E-state index in [1.807, 2.05) is 6.92 Å². The number of allylic oxidation sites excluding steroid dienone is 1. The molecule has 0 amide bonds. The Morgan fingerprint density at radius 3 is 2.73 bits per heavy atom. The van der Waals surface area contributed by atoms with Crippen LogP contribution in [-0.4, -0.2) is 17.7 Å². The zero-order valence-electron chi connectivity index (χ0n) is 6.59. The number of ether oxygens (including phenoxy) is 1. The molecule has 1 aliphatic rings. The smallest absolute Gasteiger partial charge is 0.337 e. The molecule has 0 aromatic rings. The van der Waals surface area contributed by atoms with Crippen molar-refractivity contribution in [3.8, 4) is 0 Å². The first-order chi connectivity index (χ1) is 5.25. The molecular formula is C8H12O3. The molecule has 1 aliphatic carbocycles. The van der Waals surface area contributed by atoms with Crippen LogP contribution in [0.2, 0.25) is 0 Å². The Morgan fingerprint density at radius 1 is 1.64 bits per heavy atom. The fraction of sp³-hybridized carbons (Fsp3) is 0.625. The standard InChI is InChI=1S/C8H12O3/c1-2-5-11-8(10)6-3-4-7(6)9/h9H,2-5H2,1H3. The van der Waals surface area contributed by atoms with Crippen molar-refractivity contribution in [2.24, 2.45) is 0 Å². The SMILES string of the molecule is CCCOC(=O)C1=C(O)CC1. The average Bonchev–Trinajstić information content (AvgIpc) is 1.98. The summed E-state index contributed by atoms with van der Waals surface area (Å²) in [5.74, 6) is -0.151. The van der Waals surface area contributed by atoms with Gasteiger partial charge in [-0.3, -0.25) is 0 Å². The second kappa shape index (κ2) is 3.42. The quantitative estimate of drug-likeness (QED) is 0.630. The van der Waals surface area contributed by atoms with E-state index in [0.29, 0.717) is 25.0 Å². The number of hydrogen-bond acceptors (Lipinski definition) is 3. The van der Waals surface area contributed by atoms with E-state index in [9.17, 15) is 4.79 Å². The van der Waals surface area contributed by atoms with Crippen molar-refractivity contribution < 1.29 is 14.6 Å². The van der Waals surface area contributed by atoms with E-state index in [2.05, 4.69) is 0 Å². The first kappa shape index (κ1) is 8.11. The maximum atomic E-state index is 11.0. The van der Waals surface area contributed by atoms with Gasteiger partial charge >= 0.3 is 5.97 Å². The molecule has 1 N–H and O–H groups in total. The third-order valence-corrected chi connectivity index (χ3v) is 1.64. The number of esters is 1. The predicted molar refractivity (Wildman–Crippen MR) is 40.1 cm³/mol. The van der Waals surface area contributed by atoms with Crippen molar-refractivity contribution in [1.29, 1.82) is 0 Å². The van der Waals surface area contributed by atoms with Crippen LogP contribution in [0, 0.1) is 0 Å². The number of aliphatic hydroxyl groups excluding tert-OH is 1. The molecule has 0 unspecified atom stereocenters. The lowest BCUT2D eigenvalue weighted by atomic mass is 9.97. The summed E-state index contributed by atoms with van der Waals surface area (Å²) in [6.07, 6.45) is 2.10. The van der Waals surface area contributed by atoms with Gasteiger partial charge in [0.15, 0.2) is 0 Å². The third kappa shape index (κ3) is 1.73. The van der Waals surface area contributed by atoms with Crippen molar-refractivity contribution in [2.45, 2.75) is 26.2 Å². The fourth-order valence-electron chi connectivity index (χ4n) is 0.864. The highest BCUT2D eigenvalue weighted by atomic mass is 16.5. The zero-order chi connectivity index (χ0) is 8.27. The molecule has 0 saturated heterocycles. The monoisotopic (exact) mass is 156 g/mol. The summed E-state index contributed by atoms with van der Waals surface area (Å²) in [5, 5.41) is 8.96. The maximum Gasteiger partial charge on any atom is 0.337 e. The second-order valence-electron chi connectivity index (χ2n) is 2.56. The summed E-state index contributed by atoms with van der Waals surface area (Å²) in [7, 11) is 0. The Bertz CT molecular complexity index is 194. The molecule has 0 radical (unpaired) electrons. The molecule has 0 aromatic heterocycles. The van der Waals surface area contributed by atoms with Crippen molar-refractivity contribution in [1.82, 2.24) is 0 Å². The summed E-state index contributed by atoms with van der Waals surface area (Å²) in [5.41, 5.74) is 0.457. The lowest BCUT2D eigenvalue weighted by molar-refractivity contribution is -0.139. The highest BCUT2D eigenvalue weighted by molar-refractivity contribution is 5.90. The predicted octanol–water partition coefficient (Wildman–Crippen LogP) is 1.55. The molecule has 0 aliphatic heterocycles. The molecule has 0 heterocycles. The Hall–Kier alpha value is -0.990. The summed E-state index contributed by atoms with van der Waals surface area (Å²) in [4.78, 5) is 11.0. The van der Waals surface area contributed by atoms with Crippen LogP contribution in [-0.2, 0) is 9.53 Å². The molecule has 62 valence electrons. The molecule has 0 aromatic carbocycles. The Labute approximate surface area is 65.7 Å². The lowest BCUT2D eigenvalue weighted by Crippen LogP contribution is -2.16. The second-order valence-corrected chi connectivity index (χ2v) is 2.56. The van der Waals surface area contributed by atoms with Crippen LogP contribution in [0.4, 0.5) is 0 Å². The normalized spacial score (nSPS) is 16.1. The largest absolute Gasteiger partial charge is 0.512 e. The summed E-state index contributed by atoms with van der Waals surface area (Å²) >= 11 is 0. The summed E-state index contributed by atoms with van der Waals surface area (Å²) < 4.78 is 4.81. The van der Waals surface area contributed by atoms with E-state index < -0.39 is 0 Å². The molecule has 0 atom stereocenters. The Kier molecular flexibility index (Phi) is 2.52. The molecule has 0 spiro atoms. The van der Waals surface area contributed by atoms with Gasteiger partial charge in [0, 0.05) is 6.42 Å². The highest BCUT2D eigenvalue weighted by Gasteiger charge is 2.23. The van der Waals surface area contributed by atoms with Crippen molar-refractivity contribution in [2.75, 3.05) is 6.61 Å². The number of carbonyl (C=O) groups excluding carboxylic acids is 1. The molecule has 3 nitrogen and oxygen atoms in total. The first-order valence-corrected chi connectivity index (χ1v) is 3.83. The lowest BCUT2D eigenvalue weighted by Gasteiger charge is -2.16. The number of aliphatic hydroxyl groups is 1. The maximum absolute atomic E-state index is 11.0. The van der Waals surface area contributed by atoms with Gasteiger partial charge in [-0.2, -0.15) is 0 Å². The van der Waals surface area contributed by atoms with Crippen LogP contribution >= 0.6 is 0 Å². The topological polar surface area (TPSA) is 46.5 Å². The number of carbonyl (C=O) groups is 1. The van der Waals surface area contributed by atoms with Gasteiger partial charge in [0.2, 0.25) is 0 Å². The molecule has 0 fully saturated rings. The van der Waals surface area contributed by atoms with Gasteiger partial charge < -0.3 is 9.84 Å². The minimum absolute atomic E-state index is 0.200. The van der Waals surface area contributed by atoms with E-state index in [4.69, 9.17) is 9.84 Å². The van der Waals surface area contributed by atoms with Crippen LogP contribution in [0.25, 0.3) is 0 Å². The van der Waals surface area contributed by atoms with Gasteiger partial charge in [-0.1, -0.05) is 6.92 Å². The molecule has 0 bridgehead atoms. The Morgan fingerprint density at radius 2 is 2.36 bits per heavy atom. The van der Waals surface area contributed by atoms with Gasteiger partial charge in [-0.25, -0.2) is 4.79 Å². The van der Waals surface area contributed by atoms with Gasteiger partial charge in [0.05, 0.1) is 12.2 Å². The molecule has 11 heavy (non-hydrogen) atoms. The minimum Gasteiger partial charge on any atom is -0.512 e. The van der Waals surface area contributed by atoms with Gasteiger partial charge in [0.1, 0.15) is 5.76 Å². The number of rotatable bonds is 3. The highest BCUT2D eigenvalue weighted by Crippen LogP contribution is 2.25. The molecular weight excluding hydrogens is 144 g/mol. The molecule has 0 saturated carbocycles. The average molecular weight is 156 g/mol. The zero-order valence-corrected chi connectivity index (χ0v) is 6.59. The van der Waals surface area contributed by atoms with E-state index in [-0.39, 0.29) is 11.7 Å². The van der Waals surface area contributed by atoms with Crippen molar-refractivity contribution in [3.05, 3.63) is 11.3 Å². The fourth-order valence-corrected chi connectivity index (χ4v) is 0.864. The molecule has 3 heteroatoms. The van der Waals surface area contributed by atoms with E-state index in [1.165, 1.54) is 0 Å². The molecule has 1 rings (SSSR count). The van der Waals surface area contributed by atoms with Crippen LogP contribution < -0.4 is 0 Å². The third-order valence-electron chi connectivity index (χ3n) is 1.64. The van der Waals surface area contributed by atoms with Crippen LogP contribution in [0.3, 0.4) is 0 Å². The van der Waals surface area contributed by atoms with E-state index in [0.717, 1.165) is 6.42 Å². The van der Waals surface area contributed by atoms with Crippen LogP contribution in [0.1, 0.15) is 26.2 Å². The Balaban J connectivity index is 2.37. The van der Waals surface area contributed by atoms with Gasteiger partial charge in [-0.05, 0) is 12.8 Å². The first-order valence-electron chi connectivity index (χ1n) is 3.83. The van der Waals surface area contributed by atoms with Crippen LogP contribution in [0.5, 0.6) is 0 Å². The van der Waals surface area contributed by atoms with Crippen molar-refractivity contribution >= 4 is 5.97 Å². The summed E-state index contributed by atoms with van der Waals surface area (Å²) in [6.45, 7) is 2.37. The minimum atomic E-state index is -0.351. The van der Waals surface area contributed by atoms with Gasteiger partial charge in [-0.15, -0.1) is 0 Å².